The van der Waals surface area contributed by atoms with Gasteiger partial charge in [-0.15, -0.1) is 0 Å². The minimum Gasteiger partial charge on any atom is -0.468 e. The molecule has 0 atom stereocenters. The zero-order valence-electron chi connectivity index (χ0n) is 15.3. The van der Waals surface area contributed by atoms with Crippen LogP contribution in [0.5, 0.6) is 0 Å². The Balaban J connectivity index is 0.000000346. The average Bonchev–Trinajstić information content (AvgIpc) is 2.71. The first-order valence-corrected chi connectivity index (χ1v) is 8.48. The number of esters is 2. The highest BCUT2D eigenvalue weighted by atomic mass is 35.5. The van der Waals surface area contributed by atoms with Crippen LogP contribution in [0.3, 0.4) is 0 Å². The summed E-state index contributed by atoms with van der Waals surface area (Å²) in [7, 11) is 2.22. The number of carbonyl (C=O) groups is 2. The highest BCUT2D eigenvalue weighted by Gasteiger charge is 2.33. The average molecular weight is 463 g/mol. The molecule has 0 saturated heterocycles. The number of rotatable bonds is 5. The number of nitro benzene ring substituents is 2. The van der Waals surface area contributed by atoms with Crippen molar-refractivity contribution < 1.29 is 33.3 Å². The first-order valence-electron chi connectivity index (χ1n) is 7.72. The van der Waals surface area contributed by atoms with Gasteiger partial charge in [-0.1, -0.05) is 23.2 Å². The second kappa shape index (κ2) is 11.0. The van der Waals surface area contributed by atoms with Gasteiger partial charge in [-0.3, -0.25) is 29.8 Å². The number of carbonyl (C=O) groups excluding carboxylic acids is 2. The van der Waals surface area contributed by atoms with Gasteiger partial charge in [0.1, 0.15) is 5.82 Å². The Labute approximate surface area is 178 Å². The minimum atomic E-state index is -1.37. The van der Waals surface area contributed by atoms with Crippen molar-refractivity contribution in [3.63, 3.8) is 0 Å². The van der Waals surface area contributed by atoms with Gasteiger partial charge < -0.3 is 9.47 Å². The van der Waals surface area contributed by atoms with Crippen molar-refractivity contribution in [2.45, 2.75) is 5.92 Å². The third-order valence-electron chi connectivity index (χ3n) is 3.49. The minimum absolute atomic E-state index is 0.0880. The molecule has 2 aromatic carbocycles. The summed E-state index contributed by atoms with van der Waals surface area (Å²) in [4.78, 5) is 42.5. The Morgan fingerprint density at radius 1 is 0.900 bits per heavy atom. The monoisotopic (exact) mass is 462 g/mol. The number of benzene rings is 2. The number of ether oxygens (including phenoxy) is 2. The van der Waals surface area contributed by atoms with Crippen LogP contribution in [-0.4, -0.2) is 36.0 Å². The molecule has 0 radical (unpaired) electrons. The predicted molar refractivity (Wildman–Crippen MR) is 103 cm³/mol. The van der Waals surface area contributed by atoms with Crippen molar-refractivity contribution >= 4 is 46.5 Å². The summed E-state index contributed by atoms with van der Waals surface area (Å²) >= 11 is 11.1. The molecule has 0 spiro atoms. The Morgan fingerprint density at radius 2 is 1.33 bits per heavy atom. The lowest BCUT2D eigenvalue weighted by Crippen LogP contribution is -2.24. The molecule has 0 unspecified atom stereocenters. The van der Waals surface area contributed by atoms with E-state index in [1.54, 1.807) is 0 Å². The normalized spacial score (nSPS) is 9.93. The number of methoxy groups -OCH3 is 2. The topological polar surface area (TPSA) is 139 Å². The summed E-state index contributed by atoms with van der Waals surface area (Å²) in [6.45, 7) is 0. The van der Waals surface area contributed by atoms with Crippen molar-refractivity contribution in [1.82, 2.24) is 0 Å². The first kappa shape index (κ1) is 24.7. The second-order valence-corrected chi connectivity index (χ2v) is 6.11. The van der Waals surface area contributed by atoms with Gasteiger partial charge in [0.2, 0.25) is 0 Å². The summed E-state index contributed by atoms with van der Waals surface area (Å²) in [6, 6.07) is 6.40. The van der Waals surface area contributed by atoms with Gasteiger partial charge in [-0.25, -0.2) is 4.39 Å². The van der Waals surface area contributed by atoms with Crippen LogP contribution in [0, 0.1) is 26.0 Å². The van der Waals surface area contributed by atoms with E-state index in [2.05, 4.69) is 9.47 Å². The summed E-state index contributed by atoms with van der Waals surface area (Å²) < 4.78 is 21.4. The maximum atomic E-state index is 12.4. The SMILES string of the molecule is COC(=O)C(C(=O)OC)c1ccc([N+](=O)[O-])cc1Cl.O=[N+]([O-])c1ccc(F)c(Cl)c1. The number of non-ortho nitro benzene ring substituents is 2. The van der Waals surface area contributed by atoms with Gasteiger partial charge in [0.15, 0.2) is 5.92 Å². The third kappa shape index (κ3) is 6.36. The van der Waals surface area contributed by atoms with E-state index in [1.165, 1.54) is 6.07 Å². The fraction of sp³-hybridized carbons (Fsp3) is 0.176. The zero-order valence-corrected chi connectivity index (χ0v) is 16.8. The number of hydrogen-bond acceptors (Lipinski definition) is 8. The first-order chi connectivity index (χ1) is 14.0. The lowest BCUT2D eigenvalue weighted by molar-refractivity contribution is -0.385. The molecular formula is C17H13Cl2FN2O8. The van der Waals surface area contributed by atoms with Crippen LogP contribution in [-0.2, 0) is 19.1 Å². The largest absolute Gasteiger partial charge is 0.468 e. The van der Waals surface area contributed by atoms with Crippen LogP contribution in [0.2, 0.25) is 10.0 Å². The Bertz CT molecular complexity index is 970. The highest BCUT2D eigenvalue weighted by Crippen LogP contribution is 2.30. The molecular weight excluding hydrogens is 450 g/mol. The van der Waals surface area contributed by atoms with E-state index >= 15 is 0 Å². The molecule has 30 heavy (non-hydrogen) atoms. The molecule has 0 aliphatic rings. The second-order valence-electron chi connectivity index (χ2n) is 5.30. The molecule has 10 nitrogen and oxygen atoms in total. The molecule has 0 aromatic heterocycles. The van der Waals surface area contributed by atoms with Crippen LogP contribution in [0.25, 0.3) is 0 Å². The molecule has 160 valence electrons. The zero-order chi connectivity index (χ0) is 23.0. The fourth-order valence-corrected chi connectivity index (χ4v) is 2.51. The van der Waals surface area contributed by atoms with E-state index in [0.29, 0.717) is 0 Å². The van der Waals surface area contributed by atoms with E-state index in [4.69, 9.17) is 23.2 Å². The smallest absolute Gasteiger partial charge is 0.324 e. The van der Waals surface area contributed by atoms with Crippen LogP contribution < -0.4 is 0 Å². The maximum absolute atomic E-state index is 12.4. The number of halogens is 3. The Morgan fingerprint density at radius 3 is 1.70 bits per heavy atom. The number of nitro groups is 2. The summed E-state index contributed by atoms with van der Waals surface area (Å²) in [5.41, 5.74) is -0.371. The predicted octanol–water partition coefficient (Wildman–Crippen LogP) is 4.07. The molecule has 0 saturated carbocycles. The molecule has 0 fully saturated rings. The van der Waals surface area contributed by atoms with Crippen LogP contribution in [0.4, 0.5) is 15.8 Å². The van der Waals surface area contributed by atoms with Gasteiger partial charge in [-0.05, 0) is 17.7 Å². The number of nitrogens with zero attached hydrogens (tertiary/aromatic N) is 2. The maximum Gasteiger partial charge on any atom is 0.324 e. The fourth-order valence-electron chi connectivity index (χ4n) is 2.05. The molecule has 0 amide bonds. The molecule has 0 heterocycles. The van der Waals surface area contributed by atoms with E-state index in [0.717, 1.165) is 44.6 Å². The van der Waals surface area contributed by atoms with Crippen LogP contribution >= 0.6 is 23.2 Å². The summed E-state index contributed by atoms with van der Waals surface area (Å²) in [5, 5.41) is 20.3. The lowest BCUT2D eigenvalue weighted by atomic mass is 9.99. The van der Waals surface area contributed by atoms with Crippen molar-refractivity contribution in [2.24, 2.45) is 0 Å². The van der Waals surface area contributed by atoms with Crippen molar-refractivity contribution in [2.75, 3.05) is 14.2 Å². The van der Waals surface area contributed by atoms with Crippen molar-refractivity contribution in [3.8, 4) is 0 Å². The van der Waals surface area contributed by atoms with Crippen LogP contribution in [0.1, 0.15) is 11.5 Å². The van der Waals surface area contributed by atoms with Gasteiger partial charge in [-0.2, -0.15) is 0 Å². The summed E-state index contributed by atoms with van der Waals surface area (Å²) in [6.07, 6.45) is 0. The lowest BCUT2D eigenvalue weighted by Gasteiger charge is -2.13. The molecule has 0 N–H and O–H groups in total. The van der Waals surface area contributed by atoms with Crippen molar-refractivity contribution in [1.29, 1.82) is 0 Å². The molecule has 13 heteroatoms. The Hall–Kier alpha value is -3.31. The van der Waals surface area contributed by atoms with Crippen LogP contribution in [0.15, 0.2) is 36.4 Å². The highest BCUT2D eigenvalue weighted by molar-refractivity contribution is 6.32. The number of hydrogen-bond donors (Lipinski definition) is 0. The van der Waals surface area contributed by atoms with E-state index in [1.807, 2.05) is 0 Å². The standard InChI is InChI=1S/C11H10ClNO6.C6H3ClFNO2/c1-18-10(14)9(11(15)19-2)7-4-3-6(13(16)17)5-8(7)12;7-5-3-4(9(10)11)1-2-6(5)8/h3-5,9H,1-2H3;1-3H. The van der Waals surface area contributed by atoms with Gasteiger partial charge in [0, 0.05) is 24.3 Å². The Kier molecular flexibility index (Phi) is 9.09. The van der Waals surface area contributed by atoms with Gasteiger partial charge in [0.05, 0.1) is 34.1 Å². The van der Waals surface area contributed by atoms with E-state index in [9.17, 15) is 34.2 Å². The molecule has 0 aliphatic carbocycles. The third-order valence-corrected chi connectivity index (χ3v) is 4.11. The summed E-state index contributed by atoms with van der Waals surface area (Å²) in [5.74, 6) is -3.74. The quantitative estimate of drug-likeness (QED) is 0.280. The molecule has 2 aromatic rings. The van der Waals surface area contributed by atoms with E-state index < -0.39 is 33.5 Å². The van der Waals surface area contributed by atoms with Gasteiger partial charge in [0.25, 0.3) is 11.4 Å². The van der Waals surface area contributed by atoms with Crippen molar-refractivity contribution in [3.05, 3.63) is 78.1 Å². The molecule has 2 rings (SSSR count). The molecule has 0 aliphatic heterocycles. The van der Waals surface area contributed by atoms with Gasteiger partial charge >= 0.3 is 11.9 Å². The molecule has 0 bridgehead atoms. The van der Waals surface area contributed by atoms with E-state index in [-0.39, 0.29) is 27.0 Å².